The molecule has 2 heteroatoms. The van der Waals surface area contributed by atoms with Gasteiger partial charge in [0.25, 0.3) is 0 Å². The van der Waals surface area contributed by atoms with Crippen LogP contribution >= 0.6 is 0 Å². The molecule has 2 aliphatic heterocycles. The van der Waals surface area contributed by atoms with Crippen molar-refractivity contribution >= 4 is 0 Å². The van der Waals surface area contributed by atoms with Crippen LogP contribution in [0, 0.1) is 11.8 Å². The van der Waals surface area contributed by atoms with E-state index in [0.717, 1.165) is 26.1 Å². The summed E-state index contributed by atoms with van der Waals surface area (Å²) in [5.41, 5.74) is 2.67. The molecule has 0 aromatic carbocycles. The molecule has 0 bridgehead atoms. The van der Waals surface area contributed by atoms with E-state index in [2.05, 4.69) is 13.8 Å². The Morgan fingerprint density at radius 1 is 0.929 bits per heavy atom. The van der Waals surface area contributed by atoms with Crippen molar-refractivity contribution in [3.8, 4) is 0 Å². The minimum absolute atomic E-state index is 0.610. The maximum atomic E-state index is 5.40. The lowest BCUT2D eigenvalue weighted by molar-refractivity contribution is 0.188. The quantitative estimate of drug-likeness (QED) is 0.639. The minimum Gasteiger partial charge on any atom is -0.501 e. The minimum atomic E-state index is 0.610. The van der Waals surface area contributed by atoms with E-state index >= 15 is 0 Å². The third-order valence-corrected chi connectivity index (χ3v) is 3.15. The van der Waals surface area contributed by atoms with Crippen LogP contribution in [-0.4, -0.2) is 13.2 Å². The topological polar surface area (TPSA) is 18.5 Å². The summed E-state index contributed by atoms with van der Waals surface area (Å²) in [5, 5.41) is 0. The Balaban J connectivity index is 2.20. The Kier molecular flexibility index (Phi) is 2.80. The summed E-state index contributed by atoms with van der Waals surface area (Å²) in [7, 11) is 0. The molecule has 14 heavy (non-hydrogen) atoms. The summed E-state index contributed by atoms with van der Waals surface area (Å²) in [6.07, 6.45) is 6.09. The van der Waals surface area contributed by atoms with Crippen LogP contribution in [-0.2, 0) is 9.47 Å². The van der Waals surface area contributed by atoms with E-state index in [1.54, 1.807) is 0 Å². The molecule has 0 radical (unpaired) electrons. The summed E-state index contributed by atoms with van der Waals surface area (Å²) in [6.45, 7) is 6.23. The Morgan fingerprint density at radius 3 is 1.71 bits per heavy atom. The van der Waals surface area contributed by atoms with Gasteiger partial charge in [-0.2, -0.15) is 0 Å². The molecule has 0 aliphatic carbocycles. The second-order valence-electron chi connectivity index (χ2n) is 4.27. The first-order valence-electron chi connectivity index (χ1n) is 5.42. The second kappa shape index (κ2) is 4.07. The molecule has 2 heterocycles. The first-order chi connectivity index (χ1) is 6.79. The fourth-order valence-electron chi connectivity index (χ4n) is 2.04. The molecule has 0 N–H and O–H groups in total. The van der Waals surface area contributed by atoms with E-state index in [-0.39, 0.29) is 0 Å². The lowest BCUT2D eigenvalue weighted by atomic mass is 9.84. The highest BCUT2D eigenvalue weighted by Gasteiger charge is 2.23. The first-order valence-corrected chi connectivity index (χ1v) is 5.42. The molecule has 0 fully saturated rings. The fourth-order valence-corrected chi connectivity index (χ4v) is 2.04. The van der Waals surface area contributed by atoms with Gasteiger partial charge in [0.2, 0.25) is 0 Å². The first kappa shape index (κ1) is 9.63. The highest BCUT2D eigenvalue weighted by molar-refractivity contribution is 5.33. The zero-order valence-corrected chi connectivity index (χ0v) is 8.95. The molecule has 0 saturated heterocycles. The standard InChI is InChI=1S/C12H18O2/c1-9-3-5-13-7-11(9)12-8-14-6-4-10(12)2/h7-10H,3-6H2,1-2H3/t9-,10-/m0/s1. The van der Waals surface area contributed by atoms with E-state index in [4.69, 9.17) is 9.47 Å². The molecule has 2 aliphatic rings. The van der Waals surface area contributed by atoms with Gasteiger partial charge in [0.1, 0.15) is 0 Å². The van der Waals surface area contributed by atoms with Gasteiger partial charge >= 0.3 is 0 Å². The van der Waals surface area contributed by atoms with Crippen LogP contribution < -0.4 is 0 Å². The van der Waals surface area contributed by atoms with Crippen LogP contribution in [0.3, 0.4) is 0 Å². The smallest absolute Gasteiger partial charge is 0.0879 e. The third-order valence-electron chi connectivity index (χ3n) is 3.15. The number of allylic oxidation sites excluding steroid dienone is 2. The monoisotopic (exact) mass is 194 g/mol. The van der Waals surface area contributed by atoms with E-state index in [1.165, 1.54) is 11.1 Å². The average Bonchev–Trinajstić information content (AvgIpc) is 2.20. The van der Waals surface area contributed by atoms with Gasteiger partial charge in [-0.3, -0.25) is 0 Å². The van der Waals surface area contributed by atoms with Crippen LogP contribution in [0.15, 0.2) is 23.7 Å². The van der Waals surface area contributed by atoms with Gasteiger partial charge in [-0.1, -0.05) is 13.8 Å². The van der Waals surface area contributed by atoms with Gasteiger partial charge in [-0.15, -0.1) is 0 Å². The SMILES string of the molecule is C[C@H]1CCOC=C1C1=COCC[C@@H]1C. The zero-order chi connectivity index (χ0) is 9.97. The van der Waals surface area contributed by atoms with Crippen LogP contribution in [0.25, 0.3) is 0 Å². The summed E-state index contributed by atoms with van der Waals surface area (Å²) in [5.74, 6) is 1.22. The number of hydrogen-bond acceptors (Lipinski definition) is 2. The maximum absolute atomic E-state index is 5.40. The molecule has 2 nitrogen and oxygen atoms in total. The molecular formula is C12H18O2. The van der Waals surface area contributed by atoms with Crippen molar-refractivity contribution in [2.24, 2.45) is 11.8 Å². The maximum Gasteiger partial charge on any atom is 0.0879 e. The summed E-state index contributed by atoms with van der Waals surface area (Å²) < 4.78 is 10.8. The van der Waals surface area contributed by atoms with Crippen molar-refractivity contribution in [2.75, 3.05) is 13.2 Å². The van der Waals surface area contributed by atoms with Crippen molar-refractivity contribution < 1.29 is 9.47 Å². The van der Waals surface area contributed by atoms with E-state index < -0.39 is 0 Å². The van der Waals surface area contributed by atoms with Crippen LogP contribution in [0.5, 0.6) is 0 Å². The molecule has 78 valence electrons. The fraction of sp³-hybridized carbons (Fsp3) is 0.667. The summed E-state index contributed by atoms with van der Waals surface area (Å²) in [4.78, 5) is 0. The zero-order valence-electron chi connectivity index (χ0n) is 8.95. The van der Waals surface area contributed by atoms with Crippen molar-refractivity contribution in [1.29, 1.82) is 0 Å². The molecule has 0 unspecified atom stereocenters. The summed E-state index contributed by atoms with van der Waals surface area (Å²) in [6, 6.07) is 0. The Labute approximate surface area is 85.6 Å². The number of ether oxygens (including phenoxy) is 2. The molecular weight excluding hydrogens is 176 g/mol. The van der Waals surface area contributed by atoms with Gasteiger partial charge in [0.15, 0.2) is 0 Å². The predicted octanol–water partition coefficient (Wildman–Crippen LogP) is 2.87. The molecule has 0 aromatic rings. The Bertz CT molecular complexity index is 237. The Hall–Kier alpha value is -0.920. The van der Waals surface area contributed by atoms with Crippen LogP contribution in [0.2, 0.25) is 0 Å². The molecule has 0 amide bonds. The molecule has 0 spiro atoms. The van der Waals surface area contributed by atoms with Gasteiger partial charge in [-0.05, 0) is 35.8 Å². The van der Waals surface area contributed by atoms with Gasteiger partial charge in [0.05, 0.1) is 25.7 Å². The van der Waals surface area contributed by atoms with Crippen molar-refractivity contribution in [1.82, 2.24) is 0 Å². The van der Waals surface area contributed by atoms with Crippen LogP contribution in [0.1, 0.15) is 26.7 Å². The third kappa shape index (κ3) is 1.79. The van der Waals surface area contributed by atoms with Crippen molar-refractivity contribution in [3.05, 3.63) is 23.7 Å². The Morgan fingerprint density at radius 2 is 1.36 bits per heavy atom. The lowest BCUT2D eigenvalue weighted by Crippen LogP contribution is -2.18. The van der Waals surface area contributed by atoms with Crippen molar-refractivity contribution in [3.63, 3.8) is 0 Å². The molecule has 0 aromatic heterocycles. The van der Waals surface area contributed by atoms with Gasteiger partial charge < -0.3 is 9.47 Å². The molecule has 0 saturated carbocycles. The predicted molar refractivity (Wildman–Crippen MR) is 55.6 cm³/mol. The normalized spacial score (nSPS) is 32.4. The largest absolute Gasteiger partial charge is 0.501 e. The molecule has 2 atom stereocenters. The number of hydrogen-bond donors (Lipinski definition) is 0. The lowest BCUT2D eigenvalue weighted by Gasteiger charge is -2.28. The molecule has 2 rings (SSSR count). The van der Waals surface area contributed by atoms with Crippen LogP contribution in [0.4, 0.5) is 0 Å². The van der Waals surface area contributed by atoms with E-state index in [1.807, 2.05) is 12.5 Å². The van der Waals surface area contributed by atoms with Gasteiger partial charge in [-0.25, -0.2) is 0 Å². The highest BCUT2D eigenvalue weighted by Crippen LogP contribution is 2.33. The van der Waals surface area contributed by atoms with E-state index in [0.29, 0.717) is 11.8 Å². The second-order valence-corrected chi connectivity index (χ2v) is 4.27. The average molecular weight is 194 g/mol. The van der Waals surface area contributed by atoms with E-state index in [9.17, 15) is 0 Å². The van der Waals surface area contributed by atoms with Gasteiger partial charge in [0, 0.05) is 0 Å². The highest BCUT2D eigenvalue weighted by atomic mass is 16.5. The van der Waals surface area contributed by atoms with Crippen molar-refractivity contribution in [2.45, 2.75) is 26.7 Å². The summed E-state index contributed by atoms with van der Waals surface area (Å²) >= 11 is 0. The number of rotatable bonds is 1.